The fourth-order valence-electron chi connectivity index (χ4n) is 3.30. The Labute approximate surface area is 97.2 Å². The third-order valence-electron chi connectivity index (χ3n) is 4.17. The summed E-state index contributed by atoms with van der Waals surface area (Å²) in [5.74, 6) is 1.69. The van der Waals surface area contributed by atoms with Crippen molar-refractivity contribution in [3.63, 3.8) is 0 Å². The van der Waals surface area contributed by atoms with Gasteiger partial charge < -0.3 is 4.98 Å². The fourth-order valence-corrected chi connectivity index (χ4v) is 3.30. The van der Waals surface area contributed by atoms with Gasteiger partial charge in [-0.25, -0.2) is 4.98 Å². The zero-order chi connectivity index (χ0) is 10.8. The third kappa shape index (κ3) is 2.06. The highest BCUT2D eigenvalue weighted by Crippen LogP contribution is 2.38. The quantitative estimate of drug-likeness (QED) is 0.753. The molecular weight excluding hydrogens is 196 g/mol. The van der Waals surface area contributed by atoms with E-state index in [1.807, 2.05) is 6.20 Å². The van der Waals surface area contributed by atoms with Crippen LogP contribution in [0.4, 0.5) is 0 Å². The molecule has 0 aromatic carbocycles. The van der Waals surface area contributed by atoms with Crippen molar-refractivity contribution >= 4 is 0 Å². The summed E-state index contributed by atoms with van der Waals surface area (Å²) in [5.41, 5.74) is 3.05. The van der Waals surface area contributed by atoms with Gasteiger partial charge in [-0.15, -0.1) is 0 Å². The van der Waals surface area contributed by atoms with E-state index in [2.05, 4.69) is 16.0 Å². The molecule has 0 saturated heterocycles. The second-order valence-corrected chi connectivity index (χ2v) is 5.30. The first-order valence-electron chi connectivity index (χ1n) is 6.59. The number of rotatable bonds is 2. The van der Waals surface area contributed by atoms with Gasteiger partial charge in [-0.05, 0) is 50.4 Å². The van der Waals surface area contributed by atoms with Crippen LogP contribution in [0.25, 0.3) is 0 Å². The Hall–Kier alpha value is -1.05. The molecule has 16 heavy (non-hydrogen) atoms. The first-order valence-corrected chi connectivity index (χ1v) is 6.59. The maximum atomic E-state index is 4.09. The molecule has 1 aromatic heterocycles. The molecule has 2 nitrogen and oxygen atoms in total. The molecule has 2 aliphatic carbocycles. The summed E-state index contributed by atoms with van der Waals surface area (Å²) in [4.78, 5) is 7.31. The average molecular weight is 216 g/mol. The maximum absolute atomic E-state index is 4.09. The van der Waals surface area contributed by atoms with E-state index in [9.17, 15) is 0 Å². The van der Waals surface area contributed by atoms with Crippen LogP contribution in [0.2, 0.25) is 0 Å². The lowest BCUT2D eigenvalue weighted by atomic mass is 9.74. The second kappa shape index (κ2) is 4.44. The highest BCUT2D eigenvalue weighted by molar-refractivity contribution is 5.15. The van der Waals surface area contributed by atoms with Crippen LogP contribution < -0.4 is 0 Å². The van der Waals surface area contributed by atoms with Crippen LogP contribution in [0.3, 0.4) is 0 Å². The van der Waals surface area contributed by atoms with Gasteiger partial charge in [0.25, 0.3) is 0 Å². The van der Waals surface area contributed by atoms with Crippen LogP contribution in [0, 0.1) is 11.8 Å². The number of H-pyrrole nitrogens is 1. The summed E-state index contributed by atoms with van der Waals surface area (Å²) >= 11 is 0. The third-order valence-corrected chi connectivity index (χ3v) is 4.17. The van der Waals surface area contributed by atoms with E-state index in [-0.39, 0.29) is 0 Å². The van der Waals surface area contributed by atoms with E-state index in [1.54, 1.807) is 11.9 Å². The summed E-state index contributed by atoms with van der Waals surface area (Å²) in [6.45, 7) is 0. The lowest BCUT2D eigenvalue weighted by molar-refractivity contribution is 0.362. The predicted octanol–water partition coefficient (Wildman–Crippen LogP) is 3.48. The summed E-state index contributed by atoms with van der Waals surface area (Å²) < 4.78 is 0. The molecular formula is C14H20N2. The number of aromatic nitrogens is 2. The first-order chi connectivity index (χ1) is 7.92. The Morgan fingerprint density at radius 2 is 2.25 bits per heavy atom. The molecule has 0 amide bonds. The van der Waals surface area contributed by atoms with Crippen LogP contribution in [0.15, 0.2) is 24.2 Å². The lowest BCUT2D eigenvalue weighted by Gasteiger charge is -2.32. The Kier molecular flexibility index (Phi) is 2.81. The lowest BCUT2D eigenvalue weighted by Crippen LogP contribution is -2.18. The number of imidazole rings is 1. The van der Waals surface area contributed by atoms with Gasteiger partial charge in [-0.1, -0.05) is 18.1 Å². The van der Waals surface area contributed by atoms with E-state index in [4.69, 9.17) is 0 Å². The zero-order valence-electron chi connectivity index (χ0n) is 9.78. The largest absolute Gasteiger partial charge is 0.348 e. The van der Waals surface area contributed by atoms with Gasteiger partial charge in [0, 0.05) is 11.9 Å². The van der Waals surface area contributed by atoms with Gasteiger partial charge in [0.05, 0.1) is 6.33 Å². The Bertz CT molecular complexity index is 364. The predicted molar refractivity (Wildman–Crippen MR) is 65.1 cm³/mol. The number of nitrogens with one attached hydrogen (secondary N) is 1. The van der Waals surface area contributed by atoms with Crippen LogP contribution in [-0.2, 0) is 6.42 Å². The molecule has 0 bridgehead atoms. The summed E-state index contributed by atoms with van der Waals surface area (Å²) in [5, 5.41) is 0. The minimum atomic E-state index is 0.754. The molecule has 3 rings (SSSR count). The molecule has 2 aliphatic rings. The number of allylic oxidation sites excluding steroid dienone is 2. The highest BCUT2D eigenvalue weighted by atomic mass is 14.9. The minimum absolute atomic E-state index is 0.754. The van der Waals surface area contributed by atoms with Gasteiger partial charge >= 0.3 is 0 Å². The number of fused-ring (bicyclic) bond motifs is 1. The molecule has 0 radical (unpaired) electrons. The van der Waals surface area contributed by atoms with E-state index in [0.717, 1.165) is 18.3 Å². The molecule has 1 saturated carbocycles. The van der Waals surface area contributed by atoms with Crippen LogP contribution in [0.5, 0.6) is 0 Å². The van der Waals surface area contributed by atoms with E-state index < -0.39 is 0 Å². The Morgan fingerprint density at radius 1 is 1.25 bits per heavy atom. The smallest absolute Gasteiger partial charge is 0.0921 e. The standard InChI is InChI=1S/C14H20N2/c1-2-4-13-7-11(5-6-12(13)3-1)8-14-9-15-10-16-14/h7,9-12H,1-6,8H2,(H,15,16)/t11-,12-/m1/s1. The van der Waals surface area contributed by atoms with Crippen molar-refractivity contribution in [3.05, 3.63) is 29.9 Å². The number of hydrogen-bond donors (Lipinski definition) is 1. The molecule has 1 N–H and O–H groups in total. The highest BCUT2D eigenvalue weighted by Gasteiger charge is 2.25. The molecule has 0 spiro atoms. The van der Waals surface area contributed by atoms with Gasteiger partial charge in [0.15, 0.2) is 0 Å². The van der Waals surface area contributed by atoms with Gasteiger partial charge in [-0.3, -0.25) is 0 Å². The van der Waals surface area contributed by atoms with Gasteiger partial charge in [-0.2, -0.15) is 0 Å². The van der Waals surface area contributed by atoms with Gasteiger partial charge in [0.1, 0.15) is 0 Å². The molecule has 2 heteroatoms. The summed E-state index contributed by atoms with van der Waals surface area (Å²) in [6, 6.07) is 0. The normalized spacial score (nSPS) is 29.6. The Morgan fingerprint density at radius 3 is 3.12 bits per heavy atom. The number of aromatic amines is 1. The van der Waals surface area contributed by atoms with Crippen molar-refractivity contribution in [2.24, 2.45) is 11.8 Å². The Balaban J connectivity index is 1.69. The van der Waals surface area contributed by atoms with Crippen molar-refractivity contribution in [2.45, 2.75) is 44.9 Å². The van der Waals surface area contributed by atoms with Gasteiger partial charge in [0.2, 0.25) is 0 Å². The molecule has 2 atom stereocenters. The topological polar surface area (TPSA) is 28.7 Å². The monoisotopic (exact) mass is 216 g/mol. The van der Waals surface area contributed by atoms with Crippen molar-refractivity contribution in [1.82, 2.24) is 9.97 Å². The molecule has 1 fully saturated rings. The maximum Gasteiger partial charge on any atom is 0.0921 e. The first kappa shape index (κ1) is 10.1. The van der Waals surface area contributed by atoms with Crippen LogP contribution in [-0.4, -0.2) is 9.97 Å². The van der Waals surface area contributed by atoms with Crippen molar-refractivity contribution in [2.75, 3.05) is 0 Å². The second-order valence-electron chi connectivity index (χ2n) is 5.30. The van der Waals surface area contributed by atoms with E-state index >= 15 is 0 Å². The van der Waals surface area contributed by atoms with Crippen molar-refractivity contribution < 1.29 is 0 Å². The summed E-state index contributed by atoms with van der Waals surface area (Å²) in [6.07, 6.45) is 15.9. The van der Waals surface area contributed by atoms with E-state index in [1.165, 1.54) is 44.2 Å². The average Bonchev–Trinajstić information content (AvgIpc) is 2.82. The molecule has 0 aliphatic heterocycles. The minimum Gasteiger partial charge on any atom is -0.348 e. The van der Waals surface area contributed by atoms with E-state index in [0.29, 0.717) is 0 Å². The van der Waals surface area contributed by atoms with Crippen molar-refractivity contribution in [3.8, 4) is 0 Å². The number of nitrogens with zero attached hydrogens (tertiary/aromatic N) is 1. The van der Waals surface area contributed by atoms with Crippen LogP contribution >= 0.6 is 0 Å². The SMILES string of the molecule is C1=C2CCCC[C@@H]2CC[C@H]1Cc1cnc[nH]1. The summed E-state index contributed by atoms with van der Waals surface area (Å²) in [7, 11) is 0. The van der Waals surface area contributed by atoms with Crippen molar-refractivity contribution in [1.29, 1.82) is 0 Å². The van der Waals surface area contributed by atoms with Crippen LogP contribution in [0.1, 0.15) is 44.2 Å². The fraction of sp³-hybridized carbons (Fsp3) is 0.643. The molecule has 1 aromatic rings. The zero-order valence-corrected chi connectivity index (χ0v) is 9.78. The molecule has 86 valence electrons. The number of hydrogen-bond acceptors (Lipinski definition) is 1. The molecule has 1 heterocycles. The molecule has 0 unspecified atom stereocenters.